The average Bonchev–Trinajstić information content (AvgIpc) is 3.37. The minimum Gasteiger partial charge on any atom is -0.489 e. The molecule has 0 saturated heterocycles. The molecular formula is C28H27NO6. The van der Waals surface area contributed by atoms with Crippen LogP contribution in [0.4, 0.5) is 0 Å². The monoisotopic (exact) mass is 473 g/mol. The molecule has 0 bridgehead atoms. The molecule has 0 aliphatic carbocycles. The summed E-state index contributed by atoms with van der Waals surface area (Å²) < 4.78 is 22.6. The molecule has 35 heavy (non-hydrogen) atoms. The van der Waals surface area contributed by atoms with E-state index in [1.807, 2.05) is 60.7 Å². The minimum atomic E-state index is -1.27. The smallest absolute Gasteiger partial charge is 0.347 e. The van der Waals surface area contributed by atoms with E-state index < -0.39 is 11.6 Å². The third kappa shape index (κ3) is 6.20. The van der Waals surface area contributed by atoms with Crippen LogP contribution in [-0.2, 0) is 18.0 Å². The topological polar surface area (TPSA) is 91.0 Å². The van der Waals surface area contributed by atoms with Crippen molar-refractivity contribution in [2.24, 2.45) is 0 Å². The van der Waals surface area contributed by atoms with Gasteiger partial charge < -0.3 is 23.8 Å². The molecule has 4 rings (SSSR count). The van der Waals surface area contributed by atoms with Gasteiger partial charge in [-0.05, 0) is 67.4 Å². The van der Waals surface area contributed by atoms with E-state index in [9.17, 15) is 9.90 Å². The molecule has 1 heterocycles. The first-order valence-corrected chi connectivity index (χ1v) is 11.3. The van der Waals surface area contributed by atoms with E-state index in [4.69, 9.17) is 18.7 Å². The van der Waals surface area contributed by atoms with Crippen molar-refractivity contribution in [2.75, 3.05) is 0 Å². The van der Waals surface area contributed by atoms with E-state index in [1.54, 1.807) is 38.1 Å². The van der Waals surface area contributed by atoms with Gasteiger partial charge in [0.1, 0.15) is 36.2 Å². The van der Waals surface area contributed by atoms with Crippen LogP contribution in [0.2, 0.25) is 0 Å². The standard InChI is InChI=1S/C28H27NO6/c1-3-28(2,27(30)31)34-24-15-13-23(14-16-24)33-19-25-17-26(29-35-25)21-9-11-22(12-10-21)32-18-20-7-5-4-6-8-20/h4-17H,3,18-19H2,1-2H3,(H,30,31). The third-order valence-corrected chi connectivity index (χ3v) is 5.63. The maximum absolute atomic E-state index is 11.4. The van der Waals surface area contributed by atoms with Crippen molar-refractivity contribution in [1.82, 2.24) is 5.16 Å². The molecule has 1 aromatic heterocycles. The Hall–Kier alpha value is -4.26. The number of carboxylic acid groups (broad SMARTS) is 1. The highest BCUT2D eigenvalue weighted by Crippen LogP contribution is 2.26. The highest BCUT2D eigenvalue weighted by molar-refractivity contribution is 5.77. The van der Waals surface area contributed by atoms with Gasteiger partial charge in [0.25, 0.3) is 0 Å². The van der Waals surface area contributed by atoms with E-state index in [-0.39, 0.29) is 6.61 Å². The number of aromatic nitrogens is 1. The highest BCUT2D eigenvalue weighted by atomic mass is 16.5. The summed E-state index contributed by atoms with van der Waals surface area (Å²) in [5.41, 5.74) is 1.45. The molecule has 1 N–H and O–H groups in total. The molecule has 180 valence electrons. The van der Waals surface area contributed by atoms with Gasteiger partial charge in [0, 0.05) is 11.6 Å². The van der Waals surface area contributed by atoms with Gasteiger partial charge in [-0.2, -0.15) is 0 Å². The number of carboxylic acids is 1. The lowest BCUT2D eigenvalue weighted by molar-refractivity contribution is -0.154. The van der Waals surface area contributed by atoms with Crippen molar-refractivity contribution < 1.29 is 28.6 Å². The minimum absolute atomic E-state index is 0.202. The summed E-state index contributed by atoms with van der Waals surface area (Å²) in [5.74, 6) is 1.41. The van der Waals surface area contributed by atoms with Crippen molar-refractivity contribution in [1.29, 1.82) is 0 Å². The number of rotatable bonds is 11. The summed E-state index contributed by atoms with van der Waals surface area (Å²) in [6, 6.07) is 26.3. The molecule has 0 spiro atoms. The average molecular weight is 474 g/mol. The first kappa shape index (κ1) is 23.9. The zero-order valence-electron chi connectivity index (χ0n) is 19.6. The maximum Gasteiger partial charge on any atom is 0.347 e. The van der Waals surface area contributed by atoms with Crippen LogP contribution in [-0.4, -0.2) is 21.8 Å². The number of carbonyl (C=O) groups is 1. The van der Waals surface area contributed by atoms with Crippen molar-refractivity contribution in [3.05, 3.63) is 96.3 Å². The summed E-state index contributed by atoms with van der Waals surface area (Å²) in [6.07, 6.45) is 0.345. The third-order valence-electron chi connectivity index (χ3n) is 5.63. The fourth-order valence-corrected chi connectivity index (χ4v) is 3.27. The Morgan fingerprint density at radius 2 is 1.49 bits per heavy atom. The fourth-order valence-electron chi connectivity index (χ4n) is 3.27. The van der Waals surface area contributed by atoms with E-state index >= 15 is 0 Å². The predicted molar refractivity (Wildman–Crippen MR) is 130 cm³/mol. The molecule has 0 saturated carbocycles. The molecule has 0 radical (unpaired) electrons. The zero-order chi connectivity index (χ0) is 24.7. The second-order valence-electron chi connectivity index (χ2n) is 8.23. The summed E-state index contributed by atoms with van der Waals surface area (Å²) in [7, 11) is 0. The van der Waals surface area contributed by atoms with Gasteiger partial charge in [-0.25, -0.2) is 4.79 Å². The quantitative estimate of drug-likeness (QED) is 0.280. The van der Waals surface area contributed by atoms with Crippen LogP contribution in [0.25, 0.3) is 11.3 Å². The van der Waals surface area contributed by atoms with E-state index in [1.165, 1.54) is 0 Å². The molecule has 7 heteroatoms. The Bertz CT molecular complexity index is 1230. The van der Waals surface area contributed by atoms with Crippen LogP contribution in [0, 0.1) is 0 Å². The van der Waals surface area contributed by atoms with Crippen molar-refractivity contribution in [3.8, 4) is 28.5 Å². The Morgan fingerprint density at radius 3 is 2.11 bits per heavy atom. The van der Waals surface area contributed by atoms with Crippen LogP contribution in [0.15, 0.2) is 89.5 Å². The fraction of sp³-hybridized carbons (Fsp3) is 0.214. The van der Waals surface area contributed by atoms with E-state index in [2.05, 4.69) is 5.16 Å². The Morgan fingerprint density at radius 1 is 0.886 bits per heavy atom. The van der Waals surface area contributed by atoms with E-state index in [0.717, 1.165) is 16.9 Å². The van der Waals surface area contributed by atoms with Gasteiger partial charge in [0.05, 0.1) is 0 Å². The summed E-state index contributed by atoms with van der Waals surface area (Å²) in [6.45, 7) is 4.03. The summed E-state index contributed by atoms with van der Waals surface area (Å²) >= 11 is 0. The normalized spacial score (nSPS) is 12.5. The number of nitrogens with zero attached hydrogens (tertiary/aromatic N) is 1. The van der Waals surface area contributed by atoms with Gasteiger partial charge in [-0.15, -0.1) is 0 Å². The number of hydrogen-bond donors (Lipinski definition) is 1. The second kappa shape index (κ2) is 10.8. The van der Waals surface area contributed by atoms with Crippen molar-refractivity contribution >= 4 is 5.97 Å². The molecule has 7 nitrogen and oxygen atoms in total. The van der Waals surface area contributed by atoms with Gasteiger partial charge in [-0.1, -0.05) is 42.4 Å². The maximum atomic E-state index is 11.4. The van der Waals surface area contributed by atoms with Crippen molar-refractivity contribution in [3.63, 3.8) is 0 Å². The molecule has 0 aliphatic rings. The molecule has 1 unspecified atom stereocenters. The van der Waals surface area contributed by atoms with Crippen molar-refractivity contribution in [2.45, 2.75) is 39.1 Å². The zero-order valence-corrected chi connectivity index (χ0v) is 19.6. The summed E-state index contributed by atoms with van der Waals surface area (Å²) in [4.78, 5) is 11.4. The van der Waals surface area contributed by atoms with Gasteiger partial charge >= 0.3 is 5.97 Å². The van der Waals surface area contributed by atoms with Gasteiger partial charge in [0.2, 0.25) is 5.60 Å². The van der Waals surface area contributed by atoms with Gasteiger partial charge in [0.15, 0.2) is 5.76 Å². The number of aliphatic carboxylic acids is 1. The molecule has 4 aromatic rings. The molecule has 1 atom stereocenters. The van der Waals surface area contributed by atoms with Crippen LogP contribution in [0.5, 0.6) is 17.2 Å². The Kier molecular flexibility index (Phi) is 7.35. The molecule has 3 aromatic carbocycles. The van der Waals surface area contributed by atoms with Crippen LogP contribution in [0.1, 0.15) is 31.6 Å². The van der Waals surface area contributed by atoms with Gasteiger partial charge in [-0.3, -0.25) is 0 Å². The molecule has 0 fully saturated rings. The molecule has 0 aliphatic heterocycles. The Labute approximate surface area is 203 Å². The predicted octanol–water partition coefficient (Wildman–Crippen LogP) is 6.13. The molecular weight excluding hydrogens is 446 g/mol. The lowest BCUT2D eigenvalue weighted by Crippen LogP contribution is -2.40. The van der Waals surface area contributed by atoms with Crippen LogP contribution < -0.4 is 14.2 Å². The second-order valence-corrected chi connectivity index (χ2v) is 8.23. The first-order valence-electron chi connectivity index (χ1n) is 11.3. The SMILES string of the molecule is CCC(C)(Oc1ccc(OCc2cc(-c3ccc(OCc4ccccc4)cc3)no2)cc1)C(=O)O. The number of hydrogen-bond acceptors (Lipinski definition) is 6. The van der Waals surface area contributed by atoms with Crippen LogP contribution >= 0.6 is 0 Å². The largest absolute Gasteiger partial charge is 0.489 e. The lowest BCUT2D eigenvalue weighted by Gasteiger charge is -2.24. The Balaban J connectivity index is 1.30. The first-order chi connectivity index (χ1) is 16.9. The molecule has 0 amide bonds. The van der Waals surface area contributed by atoms with Crippen LogP contribution in [0.3, 0.4) is 0 Å². The number of benzene rings is 3. The number of ether oxygens (including phenoxy) is 3. The summed E-state index contributed by atoms with van der Waals surface area (Å²) in [5, 5.41) is 13.5. The lowest BCUT2D eigenvalue weighted by atomic mass is 10.0. The van der Waals surface area contributed by atoms with E-state index in [0.29, 0.717) is 36.0 Å². The highest BCUT2D eigenvalue weighted by Gasteiger charge is 2.33.